The smallest absolute Gasteiger partial charge is 0.311 e. The molecule has 0 spiro atoms. The Morgan fingerprint density at radius 2 is 2.14 bits per heavy atom. The predicted octanol–water partition coefficient (Wildman–Crippen LogP) is 2.27. The van der Waals surface area contributed by atoms with E-state index in [2.05, 4.69) is 15.9 Å². The molecule has 1 rings (SSSR count). The van der Waals surface area contributed by atoms with E-state index in [0.29, 0.717) is 4.47 Å². The van der Waals surface area contributed by atoms with Gasteiger partial charge in [-0.1, -0.05) is 0 Å². The van der Waals surface area contributed by atoms with Gasteiger partial charge in [-0.25, -0.2) is 0 Å². The molecular weight excluding hydrogens is 254 g/mol. The van der Waals surface area contributed by atoms with Crippen molar-refractivity contribution in [2.45, 2.75) is 6.92 Å². The maximum absolute atomic E-state index is 11.0. The number of nitro benzene ring substituents is 1. The molecule has 1 aromatic carbocycles. The molecule has 74 valence electrons. The predicted molar refractivity (Wildman–Crippen MR) is 52.5 cm³/mol. The second kappa shape index (κ2) is 3.75. The first-order valence-corrected chi connectivity index (χ1v) is 4.40. The Bertz CT molecular complexity index is 381. The standard InChI is InChI=1S/C8H6BrNO4/c1-4(11)5-2-7(10(13)14)8(12)3-6(5)9/h2-3,12H,1H3. The Morgan fingerprint density at radius 1 is 1.57 bits per heavy atom. The van der Waals surface area contributed by atoms with Crippen molar-refractivity contribution in [2.24, 2.45) is 0 Å². The van der Waals surface area contributed by atoms with Crippen molar-refractivity contribution in [3.8, 4) is 5.75 Å². The molecule has 0 aliphatic carbocycles. The zero-order chi connectivity index (χ0) is 10.9. The van der Waals surface area contributed by atoms with Gasteiger partial charge < -0.3 is 5.11 Å². The fourth-order valence-electron chi connectivity index (χ4n) is 0.967. The van der Waals surface area contributed by atoms with Gasteiger partial charge in [-0.3, -0.25) is 14.9 Å². The zero-order valence-electron chi connectivity index (χ0n) is 7.15. The minimum Gasteiger partial charge on any atom is -0.502 e. The molecule has 6 heteroatoms. The summed E-state index contributed by atoms with van der Waals surface area (Å²) in [6, 6.07) is 2.18. The van der Waals surface area contributed by atoms with E-state index in [1.54, 1.807) is 0 Å². The topological polar surface area (TPSA) is 80.4 Å². The maximum Gasteiger partial charge on any atom is 0.311 e. The highest BCUT2D eigenvalue weighted by Crippen LogP contribution is 2.32. The van der Waals surface area contributed by atoms with E-state index in [1.165, 1.54) is 6.92 Å². The lowest BCUT2D eigenvalue weighted by Gasteiger charge is -2.01. The summed E-state index contributed by atoms with van der Waals surface area (Å²) in [4.78, 5) is 20.7. The van der Waals surface area contributed by atoms with Crippen LogP contribution in [0.2, 0.25) is 0 Å². The lowest BCUT2D eigenvalue weighted by molar-refractivity contribution is -0.385. The minimum atomic E-state index is -0.742. The van der Waals surface area contributed by atoms with E-state index in [4.69, 9.17) is 0 Å². The van der Waals surface area contributed by atoms with Gasteiger partial charge in [-0.2, -0.15) is 0 Å². The molecule has 0 aromatic heterocycles. The van der Waals surface area contributed by atoms with Crippen molar-refractivity contribution in [2.75, 3.05) is 0 Å². The van der Waals surface area contributed by atoms with E-state index in [0.717, 1.165) is 12.1 Å². The molecular formula is C8H6BrNO4. The van der Waals surface area contributed by atoms with E-state index in [-0.39, 0.29) is 11.3 Å². The third-order valence-corrected chi connectivity index (χ3v) is 2.30. The van der Waals surface area contributed by atoms with Crippen molar-refractivity contribution >= 4 is 27.4 Å². The number of Topliss-reactive ketones (excluding diaryl/α,β-unsaturated/α-hetero) is 1. The summed E-state index contributed by atoms with van der Waals surface area (Å²) in [5, 5.41) is 19.6. The van der Waals surface area contributed by atoms with Crippen LogP contribution in [-0.4, -0.2) is 15.8 Å². The Hall–Kier alpha value is -1.43. The average molecular weight is 260 g/mol. The van der Waals surface area contributed by atoms with Crippen molar-refractivity contribution in [3.05, 3.63) is 32.3 Å². The third-order valence-electron chi connectivity index (χ3n) is 1.64. The first-order chi connectivity index (χ1) is 6.43. The van der Waals surface area contributed by atoms with Crippen LogP contribution in [-0.2, 0) is 0 Å². The molecule has 0 radical (unpaired) electrons. The lowest BCUT2D eigenvalue weighted by Crippen LogP contribution is -1.97. The van der Waals surface area contributed by atoms with Crippen molar-refractivity contribution in [1.82, 2.24) is 0 Å². The normalized spacial score (nSPS) is 9.86. The summed E-state index contributed by atoms with van der Waals surface area (Å²) >= 11 is 3.03. The summed E-state index contributed by atoms with van der Waals surface area (Å²) in [7, 11) is 0. The fraction of sp³-hybridized carbons (Fsp3) is 0.125. The van der Waals surface area contributed by atoms with Crippen molar-refractivity contribution in [3.63, 3.8) is 0 Å². The SMILES string of the molecule is CC(=O)c1cc([N+](=O)[O-])c(O)cc1Br. The molecule has 1 N–H and O–H groups in total. The molecule has 0 amide bonds. The fourth-order valence-corrected chi connectivity index (χ4v) is 1.58. The van der Waals surface area contributed by atoms with Gasteiger partial charge in [0.1, 0.15) is 0 Å². The highest BCUT2D eigenvalue weighted by Gasteiger charge is 2.18. The van der Waals surface area contributed by atoms with Crippen LogP contribution in [0.4, 0.5) is 5.69 Å². The number of rotatable bonds is 2. The number of aromatic hydroxyl groups is 1. The van der Waals surface area contributed by atoms with Crippen LogP contribution in [0, 0.1) is 10.1 Å². The number of nitrogens with zero attached hydrogens (tertiary/aromatic N) is 1. The van der Waals surface area contributed by atoms with E-state index in [1.807, 2.05) is 0 Å². The van der Waals surface area contributed by atoms with Gasteiger partial charge in [0.2, 0.25) is 0 Å². The Balaban J connectivity index is 3.42. The van der Waals surface area contributed by atoms with Gasteiger partial charge in [0.15, 0.2) is 11.5 Å². The molecule has 1 aromatic rings. The summed E-state index contributed by atoms with van der Waals surface area (Å²) in [5.74, 6) is -0.771. The monoisotopic (exact) mass is 259 g/mol. The first kappa shape index (κ1) is 10.6. The summed E-state index contributed by atoms with van der Waals surface area (Å²) in [6.45, 7) is 1.29. The zero-order valence-corrected chi connectivity index (χ0v) is 8.74. The lowest BCUT2D eigenvalue weighted by atomic mass is 10.1. The highest BCUT2D eigenvalue weighted by atomic mass is 79.9. The van der Waals surface area contributed by atoms with Gasteiger partial charge in [0.05, 0.1) is 4.92 Å². The third kappa shape index (κ3) is 1.90. The maximum atomic E-state index is 11.0. The van der Waals surface area contributed by atoms with Gasteiger partial charge in [0, 0.05) is 22.2 Å². The van der Waals surface area contributed by atoms with Crippen LogP contribution in [0.1, 0.15) is 17.3 Å². The van der Waals surface area contributed by atoms with Crippen LogP contribution < -0.4 is 0 Å². The van der Waals surface area contributed by atoms with Crippen LogP contribution in [0.5, 0.6) is 5.75 Å². The van der Waals surface area contributed by atoms with Gasteiger partial charge in [-0.15, -0.1) is 0 Å². The van der Waals surface area contributed by atoms with Gasteiger partial charge in [0.25, 0.3) is 0 Å². The molecule has 0 heterocycles. The first-order valence-electron chi connectivity index (χ1n) is 3.61. The molecule has 0 aliphatic heterocycles. The van der Waals surface area contributed by atoms with E-state index in [9.17, 15) is 20.0 Å². The number of halogens is 1. The van der Waals surface area contributed by atoms with Crippen molar-refractivity contribution < 1.29 is 14.8 Å². The molecule has 0 aliphatic rings. The summed E-state index contributed by atoms with van der Waals surface area (Å²) in [5.41, 5.74) is -0.298. The highest BCUT2D eigenvalue weighted by molar-refractivity contribution is 9.10. The number of carbonyl (C=O) groups excluding carboxylic acids is 1. The quantitative estimate of drug-likeness (QED) is 0.502. The number of ketones is 1. The van der Waals surface area contributed by atoms with E-state index >= 15 is 0 Å². The van der Waals surface area contributed by atoms with Crippen LogP contribution in [0.25, 0.3) is 0 Å². The Morgan fingerprint density at radius 3 is 2.57 bits per heavy atom. The number of nitro groups is 1. The molecule has 14 heavy (non-hydrogen) atoms. The largest absolute Gasteiger partial charge is 0.502 e. The van der Waals surface area contributed by atoms with Gasteiger partial charge >= 0.3 is 5.69 Å². The molecule has 0 saturated carbocycles. The Kier molecular flexibility index (Phi) is 2.85. The van der Waals surface area contributed by atoms with E-state index < -0.39 is 16.4 Å². The number of hydrogen-bond acceptors (Lipinski definition) is 4. The minimum absolute atomic E-state index is 0.175. The molecule has 0 saturated heterocycles. The van der Waals surface area contributed by atoms with Crippen LogP contribution in [0.15, 0.2) is 16.6 Å². The average Bonchev–Trinajstić information content (AvgIpc) is 2.02. The number of phenolic OH excluding ortho intramolecular Hbond substituents is 1. The summed E-state index contributed by atoms with van der Waals surface area (Å²) in [6.07, 6.45) is 0. The number of carbonyl (C=O) groups is 1. The van der Waals surface area contributed by atoms with Crippen LogP contribution >= 0.6 is 15.9 Å². The molecule has 0 fully saturated rings. The molecule has 0 atom stereocenters. The number of phenols is 1. The second-order valence-corrected chi connectivity index (χ2v) is 3.49. The van der Waals surface area contributed by atoms with Crippen molar-refractivity contribution in [1.29, 1.82) is 0 Å². The van der Waals surface area contributed by atoms with Gasteiger partial charge in [-0.05, 0) is 22.9 Å². The molecule has 0 bridgehead atoms. The molecule has 0 unspecified atom stereocenters. The number of benzene rings is 1. The van der Waals surface area contributed by atoms with Crippen LogP contribution in [0.3, 0.4) is 0 Å². The molecule has 5 nitrogen and oxygen atoms in total. The number of hydrogen-bond donors (Lipinski definition) is 1. The second-order valence-electron chi connectivity index (χ2n) is 2.63. The Labute approximate surface area is 87.6 Å². The summed E-state index contributed by atoms with van der Waals surface area (Å²) < 4.78 is 0.341.